The maximum Gasteiger partial charge on any atom is 0.246 e. The Hall–Kier alpha value is -1.51. The van der Waals surface area contributed by atoms with Crippen molar-refractivity contribution in [1.82, 2.24) is 4.31 Å². The van der Waals surface area contributed by atoms with Gasteiger partial charge in [0.1, 0.15) is 16.4 Å². The number of benzene rings is 1. The van der Waals surface area contributed by atoms with Crippen molar-refractivity contribution in [2.75, 3.05) is 19.9 Å². The Morgan fingerprint density at radius 2 is 2.05 bits per heavy atom. The summed E-state index contributed by atoms with van der Waals surface area (Å²) < 4.78 is 37.4. The number of ether oxygens (including phenoxy) is 1. The molecule has 8 heteroatoms. The first-order chi connectivity index (χ1) is 9.84. The van der Waals surface area contributed by atoms with E-state index in [-0.39, 0.29) is 17.2 Å². The van der Waals surface area contributed by atoms with Gasteiger partial charge < -0.3 is 14.9 Å². The minimum atomic E-state index is -3.74. The quantitative estimate of drug-likeness (QED) is 0.812. The fourth-order valence-corrected chi connectivity index (χ4v) is 3.47. The van der Waals surface area contributed by atoms with Gasteiger partial charge in [-0.2, -0.15) is 4.31 Å². The fraction of sp³-hybridized carbons (Fsp3) is 0.231. The highest BCUT2D eigenvalue weighted by molar-refractivity contribution is 9.10. The summed E-state index contributed by atoms with van der Waals surface area (Å²) >= 11 is 3.18. The Bertz CT molecular complexity index is 742. The van der Waals surface area contributed by atoms with Crippen LogP contribution in [-0.2, 0) is 16.6 Å². The van der Waals surface area contributed by atoms with E-state index in [2.05, 4.69) is 15.9 Å². The van der Waals surface area contributed by atoms with E-state index in [0.29, 0.717) is 16.1 Å². The summed E-state index contributed by atoms with van der Waals surface area (Å²) in [6.07, 6.45) is 0. The van der Waals surface area contributed by atoms with Crippen molar-refractivity contribution in [2.45, 2.75) is 11.4 Å². The van der Waals surface area contributed by atoms with Gasteiger partial charge in [-0.15, -0.1) is 0 Å². The van der Waals surface area contributed by atoms with E-state index < -0.39 is 10.0 Å². The van der Waals surface area contributed by atoms with Gasteiger partial charge in [-0.25, -0.2) is 8.42 Å². The minimum Gasteiger partial charge on any atom is -0.495 e. The van der Waals surface area contributed by atoms with Gasteiger partial charge in [0.25, 0.3) is 0 Å². The van der Waals surface area contributed by atoms with Crippen LogP contribution in [0.25, 0.3) is 0 Å². The Morgan fingerprint density at radius 3 is 2.62 bits per heavy atom. The highest BCUT2D eigenvalue weighted by atomic mass is 79.9. The van der Waals surface area contributed by atoms with Crippen molar-refractivity contribution in [1.29, 1.82) is 0 Å². The molecule has 0 bridgehead atoms. The number of halogens is 1. The fourth-order valence-electron chi connectivity index (χ4n) is 1.80. The van der Waals surface area contributed by atoms with E-state index in [1.165, 1.54) is 30.6 Å². The summed E-state index contributed by atoms with van der Waals surface area (Å²) in [5, 5.41) is 0. The number of furan rings is 1. The zero-order chi connectivity index (χ0) is 15.6. The maximum absolute atomic E-state index is 12.6. The third-order valence-corrected chi connectivity index (χ3v) is 5.13. The van der Waals surface area contributed by atoms with E-state index >= 15 is 0 Å². The van der Waals surface area contributed by atoms with Crippen molar-refractivity contribution < 1.29 is 17.6 Å². The van der Waals surface area contributed by atoms with Crippen LogP contribution in [0, 0.1) is 0 Å². The summed E-state index contributed by atoms with van der Waals surface area (Å²) in [5.74, 6) is 0.771. The molecule has 21 heavy (non-hydrogen) atoms. The topological polar surface area (TPSA) is 85.8 Å². The van der Waals surface area contributed by atoms with Gasteiger partial charge in [-0.05, 0) is 46.3 Å². The number of sulfonamides is 1. The molecule has 1 aromatic heterocycles. The van der Waals surface area contributed by atoms with Gasteiger partial charge in [0.15, 0.2) is 4.67 Å². The maximum atomic E-state index is 12.6. The number of hydrogen-bond donors (Lipinski definition) is 1. The van der Waals surface area contributed by atoms with Gasteiger partial charge in [0, 0.05) is 12.7 Å². The molecule has 6 nitrogen and oxygen atoms in total. The van der Waals surface area contributed by atoms with E-state index in [4.69, 9.17) is 14.9 Å². The molecule has 0 aliphatic carbocycles. The molecule has 0 saturated heterocycles. The van der Waals surface area contributed by atoms with Gasteiger partial charge >= 0.3 is 0 Å². The molecule has 0 atom stereocenters. The van der Waals surface area contributed by atoms with Gasteiger partial charge in [0.2, 0.25) is 10.0 Å². The first-order valence-corrected chi connectivity index (χ1v) is 8.22. The summed E-state index contributed by atoms with van der Waals surface area (Å²) in [6.45, 7) is 0.103. The predicted octanol–water partition coefficient (Wildman–Crippen LogP) is 2.45. The van der Waals surface area contributed by atoms with Gasteiger partial charge in [-0.3, -0.25) is 0 Å². The number of hydrogen-bond acceptors (Lipinski definition) is 5. The molecule has 1 aromatic carbocycles. The molecular formula is C13H15BrN2O4S. The third-order valence-electron chi connectivity index (χ3n) is 2.88. The Kier molecular flexibility index (Phi) is 4.60. The lowest BCUT2D eigenvalue weighted by atomic mass is 10.3. The van der Waals surface area contributed by atoms with Gasteiger partial charge in [-0.1, -0.05) is 0 Å². The molecule has 0 saturated carbocycles. The van der Waals surface area contributed by atoms with Crippen LogP contribution in [-0.4, -0.2) is 26.9 Å². The van der Waals surface area contributed by atoms with E-state index in [0.717, 1.165) is 0 Å². The molecule has 0 aliphatic rings. The van der Waals surface area contributed by atoms with Crippen LogP contribution >= 0.6 is 15.9 Å². The first kappa shape index (κ1) is 15.9. The summed E-state index contributed by atoms with van der Waals surface area (Å²) in [4.78, 5) is 0.0260. The average Bonchev–Trinajstić information content (AvgIpc) is 2.84. The molecule has 0 amide bonds. The SMILES string of the molecule is COc1ccc(N)cc1S(=O)(=O)N(C)Cc1ccc(Br)o1. The Labute approximate surface area is 131 Å². The number of nitrogens with two attached hydrogens (primary N) is 1. The van der Waals surface area contributed by atoms with Crippen molar-refractivity contribution in [3.8, 4) is 5.75 Å². The normalized spacial score (nSPS) is 11.8. The Morgan fingerprint density at radius 1 is 1.33 bits per heavy atom. The summed E-state index contributed by atoms with van der Waals surface area (Å²) in [7, 11) is -0.863. The second kappa shape index (κ2) is 6.08. The van der Waals surface area contributed by atoms with E-state index in [1.807, 2.05) is 0 Å². The van der Waals surface area contributed by atoms with Crippen molar-refractivity contribution in [3.63, 3.8) is 0 Å². The number of nitrogen functional groups attached to an aromatic ring is 1. The lowest BCUT2D eigenvalue weighted by Gasteiger charge is -2.18. The average molecular weight is 375 g/mol. The van der Waals surface area contributed by atoms with Crippen LogP contribution in [0.2, 0.25) is 0 Å². The molecule has 0 radical (unpaired) electrons. The summed E-state index contributed by atoms with van der Waals surface area (Å²) in [5.41, 5.74) is 6.02. The van der Waals surface area contributed by atoms with Crippen molar-refractivity contribution >= 4 is 31.6 Å². The molecule has 0 spiro atoms. The first-order valence-electron chi connectivity index (χ1n) is 5.98. The minimum absolute atomic E-state index is 0.0260. The number of methoxy groups -OCH3 is 1. The van der Waals surface area contributed by atoms with Crippen LogP contribution < -0.4 is 10.5 Å². The van der Waals surface area contributed by atoms with E-state index in [9.17, 15) is 8.42 Å². The summed E-state index contributed by atoms with van der Waals surface area (Å²) in [6, 6.07) is 7.90. The zero-order valence-corrected chi connectivity index (χ0v) is 13.9. The lowest BCUT2D eigenvalue weighted by Crippen LogP contribution is -2.26. The molecule has 2 rings (SSSR count). The molecule has 1 heterocycles. The third kappa shape index (κ3) is 3.39. The number of rotatable bonds is 5. The zero-order valence-electron chi connectivity index (χ0n) is 11.5. The monoisotopic (exact) mass is 374 g/mol. The van der Waals surface area contributed by atoms with Gasteiger partial charge in [0.05, 0.1) is 13.7 Å². The molecule has 0 aliphatic heterocycles. The molecule has 2 aromatic rings. The van der Waals surface area contributed by atoms with Crippen molar-refractivity contribution in [2.24, 2.45) is 0 Å². The van der Waals surface area contributed by atoms with Crippen LogP contribution in [0.4, 0.5) is 5.69 Å². The largest absolute Gasteiger partial charge is 0.495 e. The highest BCUT2D eigenvalue weighted by Gasteiger charge is 2.26. The number of nitrogens with zero attached hydrogens (tertiary/aromatic N) is 1. The van der Waals surface area contributed by atoms with E-state index in [1.54, 1.807) is 18.2 Å². The number of anilines is 1. The molecule has 2 N–H and O–H groups in total. The van der Waals surface area contributed by atoms with Crippen LogP contribution in [0.3, 0.4) is 0 Å². The standard InChI is InChI=1S/C13H15BrN2O4S/c1-16(8-10-4-6-13(14)20-10)21(17,18)12-7-9(15)3-5-11(12)19-2/h3-7H,8,15H2,1-2H3. The second-order valence-electron chi connectivity index (χ2n) is 4.38. The molecule has 0 fully saturated rings. The highest BCUT2D eigenvalue weighted by Crippen LogP contribution is 2.29. The smallest absolute Gasteiger partial charge is 0.246 e. The van der Waals surface area contributed by atoms with Crippen molar-refractivity contribution in [3.05, 3.63) is 40.8 Å². The molecule has 114 valence electrons. The molecule has 0 unspecified atom stereocenters. The second-order valence-corrected chi connectivity index (χ2v) is 7.17. The predicted molar refractivity (Wildman–Crippen MR) is 82.5 cm³/mol. The molecular weight excluding hydrogens is 360 g/mol. The van der Waals surface area contributed by atoms with Crippen LogP contribution in [0.1, 0.15) is 5.76 Å². The van der Waals surface area contributed by atoms with Crippen LogP contribution in [0.5, 0.6) is 5.75 Å². The Balaban J connectivity index is 2.35. The lowest BCUT2D eigenvalue weighted by molar-refractivity contribution is 0.385. The van der Waals surface area contributed by atoms with Crippen LogP contribution in [0.15, 0.2) is 44.3 Å².